The van der Waals surface area contributed by atoms with Crippen molar-refractivity contribution in [3.05, 3.63) is 64.4 Å². The van der Waals surface area contributed by atoms with Gasteiger partial charge in [0.1, 0.15) is 10.7 Å². The number of halogens is 2. The summed E-state index contributed by atoms with van der Waals surface area (Å²) >= 11 is 6.13. The van der Waals surface area contributed by atoms with Crippen molar-refractivity contribution in [2.75, 3.05) is 13.6 Å². The monoisotopic (exact) mass is 425 g/mol. The van der Waals surface area contributed by atoms with Gasteiger partial charge in [-0.2, -0.15) is 0 Å². The van der Waals surface area contributed by atoms with Crippen LogP contribution >= 0.6 is 11.6 Å². The standard InChI is InChI=1S/C20H25ClFN3O2S/c1-14-5-10-20(18(21)12-14)28(26,27)25(2)11-3-4-17-13-19(24-23-17)15-6-8-16(22)9-7-15/h5-10,12,17,19,23-24H,3-4,11,13H2,1-2H3. The number of aryl methyl sites for hydroxylation is 1. The molecule has 0 amide bonds. The van der Waals surface area contributed by atoms with Gasteiger partial charge in [-0.1, -0.05) is 29.8 Å². The molecule has 2 aromatic rings. The molecular formula is C20H25ClFN3O2S. The van der Waals surface area contributed by atoms with E-state index in [4.69, 9.17) is 11.6 Å². The third-order valence-corrected chi connectivity index (χ3v) is 7.40. The number of rotatable bonds is 7. The van der Waals surface area contributed by atoms with Crippen molar-refractivity contribution in [2.24, 2.45) is 0 Å². The van der Waals surface area contributed by atoms with Crippen LogP contribution in [0.3, 0.4) is 0 Å². The molecule has 1 heterocycles. The number of benzene rings is 2. The van der Waals surface area contributed by atoms with Crippen LogP contribution in [-0.2, 0) is 10.0 Å². The molecule has 152 valence electrons. The zero-order valence-corrected chi connectivity index (χ0v) is 17.5. The number of sulfonamides is 1. The van der Waals surface area contributed by atoms with E-state index in [-0.39, 0.29) is 27.8 Å². The van der Waals surface area contributed by atoms with Crippen molar-refractivity contribution in [2.45, 2.75) is 43.2 Å². The molecule has 0 bridgehead atoms. The summed E-state index contributed by atoms with van der Waals surface area (Å²) in [6, 6.07) is 11.8. The second-order valence-corrected chi connectivity index (χ2v) is 9.65. The van der Waals surface area contributed by atoms with Crippen molar-refractivity contribution in [3.63, 3.8) is 0 Å². The smallest absolute Gasteiger partial charge is 0.244 e. The van der Waals surface area contributed by atoms with Crippen LogP contribution in [0.1, 0.15) is 36.4 Å². The lowest BCUT2D eigenvalue weighted by Gasteiger charge is -2.19. The Morgan fingerprint density at radius 3 is 2.57 bits per heavy atom. The van der Waals surface area contributed by atoms with Gasteiger partial charge in [0.25, 0.3) is 0 Å². The Bertz CT molecular complexity index is 922. The maximum absolute atomic E-state index is 13.1. The molecule has 2 N–H and O–H groups in total. The van der Waals surface area contributed by atoms with Gasteiger partial charge in [-0.25, -0.2) is 17.1 Å². The molecule has 0 spiro atoms. The number of hydrogen-bond acceptors (Lipinski definition) is 4. The Kier molecular flexibility index (Phi) is 6.73. The molecule has 1 saturated heterocycles. The second-order valence-electron chi connectivity index (χ2n) is 7.23. The van der Waals surface area contributed by atoms with E-state index in [1.165, 1.54) is 16.4 Å². The van der Waals surface area contributed by atoms with E-state index in [0.717, 1.165) is 24.0 Å². The van der Waals surface area contributed by atoms with Gasteiger partial charge in [-0.05, 0) is 61.6 Å². The molecule has 0 aromatic heterocycles. The number of nitrogens with one attached hydrogen (secondary N) is 2. The Balaban J connectivity index is 1.51. The number of hydrazine groups is 1. The summed E-state index contributed by atoms with van der Waals surface area (Å²) < 4.78 is 39.9. The van der Waals surface area contributed by atoms with E-state index >= 15 is 0 Å². The maximum atomic E-state index is 13.1. The van der Waals surface area contributed by atoms with Gasteiger partial charge >= 0.3 is 0 Å². The van der Waals surface area contributed by atoms with Gasteiger partial charge in [0.05, 0.1) is 5.02 Å². The molecule has 5 nitrogen and oxygen atoms in total. The zero-order chi connectivity index (χ0) is 20.3. The largest absolute Gasteiger partial charge is 0.254 e. The van der Waals surface area contributed by atoms with Crippen LogP contribution in [0.5, 0.6) is 0 Å². The number of nitrogens with zero attached hydrogens (tertiary/aromatic N) is 1. The second kappa shape index (κ2) is 8.88. The Morgan fingerprint density at radius 2 is 1.89 bits per heavy atom. The highest BCUT2D eigenvalue weighted by Gasteiger charge is 2.26. The van der Waals surface area contributed by atoms with Crippen molar-refractivity contribution in [3.8, 4) is 0 Å². The van der Waals surface area contributed by atoms with Crippen LogP contribution in [-0.4, -0.2) is 32.4 Å². The SMILES string of the molecule is Cc1ccc(S(=O)(=O)N(C)CCCC2CC(c3ccc(F)cc3)NN2)c(Cl)c1. The molecule has 0 aliphatic carbocycles. The van der Waals surface area contributed by atoms with E-state index in [2.05, 4.69) is 10.9 Å². The van der Waals surface area contributed by atoms with Gasteiger partial charge in [0.2, 0.25) is 10.0 Å². The molecule has 2 atom stereocenters. The van der Waals surface area contributed by atoms with Crippen molar-refractivity contribution in [1.29, 1.82) is 0 Å². The van der Waals surface area contributed by atoms with Gasteiger partial charge < -0.3 is 0 Å². The molecule has 3 rings (SSSR count). The van der Waals surface area contributed by atoms with Crippen LogP contribution in [0.15, 0.2) is 47.4 Å². The molecule has 2 aromatic carbocycles. The highest BCUT2D eigenvalue weighted by atomic mass is 35.5. The van der Waals surface area contributed by atoms with Crippen LogP contribution in [0.25, 0.3) is 0 Å². The minimum Gasteiger partial charge on any atom is -0.254 e. The summed E-state index contributed by atoms with van der Waals surface area (Å²) in [5.41, 5.74) is 8.43. The highest BCUT2D eigenvalue weighted by molar-refractivity contribution is 7.89. The van der Waals surface area contributed by atoms with Gasteiger partial charge in [-0.15, -0.1) is 0 Å². The first-order valence-corrected chi connectivity index (χ1v) is 11.1. The van der Waals surface area contributed by atoms with Crippen molar-refractivity contribution < 1.29 is 12.8 Å². The first-order chi connectivity index (χ1) is 13.3. The highest BCUT2D eigenvalue weighted by Crippen LogP contribution is 2.27. The lowest BCUT2D eigenvalue weighted by Crippen LogP contribution is -2.32. The molecule has 2 unspecified atom stereocenters. The van der Waals surface area contributed by atoms with Crippen LogP contribution < -0.4 is 10.9 Å². The first-order valence-electron chi connectivity index (χ1n) is 9.26. The summed E-state index contributed by atoms with van der Waals surface area (Å²) in [5.74, 6) is -0.246. The van der Waals surface area contributed by atoms with Crippen LogP contribution in [0.4, 0.5) is 4.39 Å². The van der Waals surface area contributed by atoms with E-state index in [0.29, 0.717) is 13.0 Å². The summed E-state index contributed by atoms with van der Waals surface area (Å²) in [4.78, 5) is 0.138. The molecular weight excluding hydrogens is 401 g/mol. The van der Waals surface area contributed by atoms with Gasteiger partial charge in [0.15, 0.2) is 0 Å². The first kappa shape index (κ1) is 21.2. The summed E-state index contributed by atoms with van der Waals surface area (Å²) in [7, 11) is -2.03. The fourth-order valence-electron chi connectivity index (χ4n) is 3.39. The minimum absolute atomic E-state index is 0.124. The summed E-state index contributed by atoms with van der Waals surface area (Å²) in [5, 5.41) is 0.246. The lowest BCUT2D eigenvalue weighted by molar-refractivity contribution is 0.428. The van der Waals surface area contributed by atoms with Gasteiger partial charge in [-0.3, -0.25) is 10.9 Å². The minimum atomic E-state index is -3.61. The average Bonchev–Trinajstić information content (AvgIpc) is 3.10. The lowest BCUT2D eigenvalue weighted by atomic mass is 10.00. The van der Waals surface area contributed by atoms with Gasteiger partial charge in [0, 0.05) is 25.7 Å². The van der Waals surface area contributed by atoms with Crippen molar-refractivity contribution >= 4 is 21.6 Å². The summed E-state index contributed by atoms with van der Waals surface area (Å²) in [6.07, 6.45) is 2.41. The van der Waals surface area contributed by atoms with E-state index in [9.17, 15) is 12.8 Å². The topological polar surface area (TPSA) is 61.4 Å². The van der Waals surface area contributed by atoms with Crippen LogP contribution in [0.2, 0.25) is 5.02 Å². The third kappa shape index (κ3) is 4.90. The predicted molar refractivity (Wildman–Crippen MR) is 109 cm³/mol. The maximum Gasteiger partial charge on any atom is 0.244 e. The van der Waals surface area contributed by atoms with E-state index in [1.807, 2.05) is 6.92 Å². The van der Waals surface area contributed by atoms with Crippen LogP contribution in [0, 0.1) is 12.7 Å². The Hall–Kier alpha value is -1.51. The molecule has 1 fully saturated rings. The quantitative estimate of drug-likeness (QED) is 0.708. The van der Waals surface area contributed by atoms with E-state index in [1.54, 1.807) is 37.4 Å². The molecule has 1 aliphatic heterocycles. The Morgan fingerprint density at radius 1 is 1.18 bits per heavy atom. The molecule has 0 radical (unpaired) electrons. The Labute approximate surface area is 170 Å². The van der Waals surface area contributed by atoms with E-state index < -0.39 is 10.0 Å². The zero-order valence-electron chi connectivity index (χ0n) is 16.0. The molecule has 1 aliphatic rings. The molecule has 8 heteroatoms. The third-order valence-electron chi connectivity index (χ3n) is 5.06. The fourth-order valence-corrected chi connectivity index (χ4v) is 5.17. The normalized spacial score (nSPS) is 20.0. The number of hydrogen-bond donors (Lipinski definition) is 2. The van der Waals surface area contributed by atoms with Crippen molar-refractivity contribution in [1.82, 2.24) is 15.2 Å². The average molecular weight is 426 g/mol. The summed E-state index contributed by atoms with van der Waals surface area (Å²) in [6.45, 7) is 2.28. The molecule has 28 heavy (non-hydrogen) atoms. The predicted octanol–water partition coefficient (Wildman–Crippen LogP) is 3.80. The molecule has 0 saturated carbocycles. The fraction of sp³-hybridized carbons (Fsp3) is 0.400.